The third-order valence-electron chi connectivity index (χ3n) is 2.71. The Kier molecular flexibility index (Phi) is 4.20. The van der Waals surface area contributed by atoms with Crippen molar-refractivity contribution in [2.24, 2.45) is 5.73 Å². The van der Waals surface area contributed by atoms with E-state index in [4.69, 9.17) is 5.73 Å². The second-order valence-electron chi connectivity index (χ2n) is 4.09. The lowest BCUT2D eigenvalue weighted by Gasteiger charge is -2.10. The van der Waals surface area contributed by atoms with E-state index in [1.54, 1.807) is 11.4 Å². The Balaban J connectivity index is 2.33. The van der Waals surface area contributed by atoms with Gasteiger partial charge >= 0.3 is 0 Å². The fourth-order valence-corrected chi connectivity index (χ4v) is 2.71. The van der Waals surface area contributed by atoms with Gasteiger partial charge in [-0.25, -0.2) is 4.39 Å². The van der Waals surface area contributed by atoms with Crippen molar-refractivity contribution >= 4 is 44.8 Å². The molecule has 1 aromatic heterocycles. The smallest absolute Gasteiger partial charge is 0.256 e. The fraction of sp³-hybridized carbons (Fsp3) is 0.0769. The zero-order valence-corrected chi connectivity index (χ0v) is 12.8. The average molecular weight is 357 g/mol. The van der Waals surface area contributed by atoms with Crippen LogP contribution in [0.2, 0.25) is 0 Å². The molecule has 0 unspecified atom stereocenters. The Hall–Kier alpha value is -1.73. The van der Waals surface area contributed by atoms with E-state index in [1.807, 2.05) is 0 Å². The summed E-state index contributed by atoms with van der Waals surface area (Å²) in [4.78, 5) is 23.1. The highest BCUT2D eigenvalue weighted by Gasteiger charge is 2.14. The molecule has 104 valence electrons. The van der Waals surface area contributed by atoms with Gasteiger partial charge in [-0.05, 0) is 41.1 Å². The van der Waals surface area contributed by atoms with Crippen molar-refractivity contribution in [2.45, 2.75) is 6.92 Å². The Labute approximate surface area is 126 Å². The maximum absolute atomic E-state index is 13.7. The predicted octanol–water partition coefficient (Wildman–Crippen LogP) is 3.31. The first-order chi connectivity index (χ1) is 9.38. The number of carbonyl (C=O) groups is 2. The van der Waals surface area contributed by atoms with E-state index in [0.29, 0.717) is 5.56 Å². The Morgan fingerprint density at radius 2 is 2.00 bits per heavy atom. The van der Waals surface area contributed by atoms with Crippen LogP contribution in [0.25, 0.3) is 0 Å². The summed E-state index contributed by atoms with van der Waals surface area (Å²) in [5.41, 5.74) is 6.06. The normalized spacial score (nSPS) is 10.3. The van der Waals surface area contributed by atoms with Crippen LogP contribution in [0.15, 0.2) is 27.4 Å². The molecule has 1 aromatic carbocycles. The number of nitrogens with one attached hydrogen (secondary N) is 1. The third kappa shape index (κ3) is 3.05. The minimum atomic E-state index is -0.752. The zero-order chi connectivity index (χ0) is 14.9. The van der Waals surface area contributed by atoms with E-state index < -0.39 is 11.7 Å². The largest absolute Gasteiger partial charge is 0.366 e. The average Bonchev–Trinajstić information content (AvgIpc) is 2.81. The molecule has 0 aliphatic rings. The van der Waals surface area contributed by atoms with Crippen LogP contribution in [0.1, 0.15) is 26.3 Å². The molecule has 3 N–H and O–H groups in total. The first-order valence-electron chi connectivity index (χ1n) is 5.54. The van der Waals surface area contributed by atoms with Gasteiger partial charge in [0.25, 0.3) is 5.91 Å². The highest BCUT2D eigenvalue weighted by atomic mass is 79.9. The highest BCUT2D eigenvalue weighted by molar-refractivity contribution is 9.11. The summed E-state index contributed by atoms with van der Waals surface area (Å²) in [6.07, 6.45) is 0. The van der Waals surface area contributed by atoms with Crippen molar-refractivity contribution in [3.8, 4) is 0 Å². The van der Waals surface area contributed by atoms with E-state index in [0.717, 1.165) is 9.85 Å². The van der Waals surface area contributed by atoms with Crippen LogP contribution >= 0.6 is 27.3 Å². The van der Waals surface area contributed by atoms with Crippen molar-refractivity contribution in [1.29, 1.82) is 0 Å². The Bertz CT molecular complexity index is 700. The van der Waals surface area contributed by atoms with Gasteiger partial charge in [-0.2, -0.15) is 0 Å². The lowest BCUT2D eigenvalue weighted by molar-refractivity contribution is 0.0995. The monoisotopic (exact) mass is 356 g/mol. The molecule has 0 saturated heterocycles. The van der Waals surface area contributed by atoms with Gasteiger partial charge in [-0.1, -0.05) is 0 Å². The molecule has 0 spiro atoms. The molecule has 2 aromatic rings. The van der Waals surface area contributed by atoms with E-state index in [-0.39, 0.29) is 22.7 Å². The molecule has 0 fully saturated rings. The number of primary amides is 1. The van der Waals surface area contributed by atoms with Crippen LogP contribution in [-0.4, -0.2) is 11.8 Å². The predicted molar refractivity (Wildman–Crippen MR) is 79.6 cm³/mol. The van der Waals surface area contributed by atoms with Crippen molar-refractivity contribution in [1.82, 2.24) is 0 Å². The molecule has 1 heterocycles. The van der Waals surface area contributed by atoms with Gasteiger partial charge in [0.15, 0.2) is 0 Å². The minimum Gasteiger partial charge on any atom is -0.366 e. The number of carbonyl (C=O) groups excluding carboxylic acids is 2. The second kappa shape index (κ2) is 5.72. The lowest BCUT2D eigenvalue weighted by Crippen LogP contribution is -2.16. The molecule has 20 heavy (non-hydrogen) atoms. The molecule has 2 amide bonds. The molecular weight excluding hydrogens is 347 g/mol. The maximum atomic E-state index is 13.7. The molecule has 0 atom stereocenters. The number of halogens is 2. The molecule has 0 bridgehead atoms. The van der Waals surface area contributed by atoms with Crippen LogP contribution in [0.5, 0.6) is 0 Å². The van der Waals surface area contributed by atoms with Crippen molar-refractivity contribution in [3.05, 3.63) is 49.9 Å². The molecule has 0 saturated carbocycles. The molecule has 7 heteroatoms. The minimum absolute atomic E-state index is 0.00917. The number of nitrogens with two attached hydrogens (primary N) is 1. The summed E-state index contributed by atoms with van der Waals surface area (Å²) in [6, 6.07) is 4.07. The summed E-state index contributed by atoms with van der Waals surface area (Å²) >= 11 is 4.63. The van der Waals surface area contributed by atoms with Gasteiger partial charge in [0.05, 0.1) is 9.35 Å². The fourth-order valence-electron chi connectivity index (χ4n) is 1.57. The van der Waals surface area contributed by atoms with E-state index in [2.05, 4.69) is 21.2 Å². The van der Waals surface area contributed by atoms with Crippen molar-refractivity contribution in [2.75, 3.05) is 5.32 Å². The summed E-state index contributed by atoms with van der Waals surface area (Å²) < 4.78 is 14.5. The van der Waals surface area contributed by atoms with Crippen molar-refractivity contribution in [3.63, 3.8) is 0 Å². The standard InChI is InChI=1S/C13H10BrFN2O2S/c1-6-9(15)2-7(12(16)18)3-10(6)17-13(19)8-4-11(14)20-5-8/h2-5H,1H3,(H2,16,18)(H,17,19). The SMILES string of the molecule is Cc1c(F)cc(C(N)=O)cc1NC(=O)c1csc(Br)c1. The molecule has 0 aliphatic heterocycles. The van der Waals surface area contributed by atoms with Crippen LogP contribution in [0, 0.1) is 12.7 Å². The first kappa shape index (κ1) is 14.7. The van der Waals surface area contributed by atoms with Crippen LogP contribution < -0.4 is 11.1 Å². The third-order valence-corrected chi connectivity index (χ3v) is 4.21. The molecule has 0 radical (unpaired) electrons. The quantitative estimate of drug-likeness (QED) is 0.885. The summed E-state index contributed by atoms with van der Waals surface area (Å²) in [5.74, 6) is -1.73. The van der Waals surface area contributed by atoms with Crippen LogP contribution in [-0.2, 0) is 0 Å². The number of anilines is 1. The Morgan fingerprint density at radius 3 is 2.55 bits per heavy atom. The lowest BCUT2D eigenvalue weighted by atomic mass is 10.1. The second-order valence-corrected chi connectivity index (χ2v) is 6.38. The van der Waals surface area contributed by atoms with Gasteiger partial charge in [-0.3, -0.25) is 9.59 Å². The molecule has 2 rings (SSSR count). The zero-order valence-electron chi connectivity index (χ0n) is 10.4. The van der Waals surface area contributed by atoms with Gasteiger partial charge in [0.1, 0.15) is 5.82 Å². The van der Waals surface area contributed by atoms with Gasteiger partial charge in [0.2, 0.25) is 5.91 Å². The Morgan fingerprint density at radius 1 is 1.30 bits per heavy atom. The number of benzene rings is 1. The van der Waals surface area contributed by atoms with Gasteiger partial charge in [0, 0.05) is 22.2 Å². The van der Waals surface area contributed by atoms with Gasteiger partial charge in [-0.15, -0.1) is 11.3 Å². The number of rotatable bonds is 3. The number of hydrogen-bond acceptors (Lipinski definition) is 3. The number of thiophene rings is 1. The van der Waals surface area contributed by atoms with E-state index in [9.17, 15) is 14.0 Å². The molecular formula is C13H10BrFN2O2S. The van der Waals surface area contributed by atoms with Gasteiger partial charge < -0.3 is 11.1 Å². The summed E-state index contributed by atoms with van der Waals surface area (Å²) in [7, 11) is 0. The van der Waals surface area contributed by atoms with Crippen LogP contribution in [0.3, 0.4) is 0 Å². The summed E-state index contributed by atoms with van der Waals surface area (Å²) in [5, 5.41) is 4.24. The molecule has 4 nitrogen and oxygen atoms in total. The first-order valence-corrected chi connectivity index (χ1v) is 7.21. The topological polar surface area (TPSA) is 72.2 Å². The number of hydrogen-bond donors (Lipinski definition) is 2. The number of amides is 2. The molecule has 0 aliphatic carbocycles. The summed E-state index contributed by atoms with van der Waals surface area (Å²) in [6.45, 7) is 1.51. The highest BCUT2D eigenvalue weighted by Crippen LogP contribution is 2.24. The van der Waals surface area contributed by atoms with E-state index in [1.165, 1.54) is 24.3 Å². The van der Waals surface area contributed by atoms with Crippen LogP contribution in [0.4, 0.5) is 10.1 Å². The van der Waals surface area contributed by atoms with E-state index >= 15 is 0 Å². The van der Waals surface area contributed by atoms with Crippen molar-refractivity contribution < 1.29 is 14.0 Å². The maximum Gasteiger partial charge on any atom is 0.256 e.